The summed E-state index contributed by atoms with van der Waals surface area (Å²) in [4.78, 5) is 0. The molecule has 2 aromatic carbocycles. The van der Waals surface area contributed by atoms with E-state index in [2.05, 4.69) is 15.4 Å². The summed E-state index contributed by atoms with van der Waals surface area (Å²) in [6, 6.07) is 16.1. The molecule has 0 unspecified atom stereocenters. The van der Waals surface area contributed by atoms with Crippen molar-refractivity contribution in [1.29, 1.82) is 0 Å². The zero-order valence-corrected chi connectivity index (χ0v) is 13.4. The molecule has 0 aromatic heterocycles. The van der Waals surface area contributed by atoms with E-state index >= 15 is 0 Å². The predicted molar refractivity (Wildman–Crippen MR) is 90.8 cm³/mol. The minimum absolute atomic E-state index is 0.129. The van der Waals surface area contributed by atoms with Crippen molar-refractivity contribution in [3.63, 3.8) is 0 Å². The van der Waals surface area contributed by atoms with Crippen molar-refractivity contribution < 1.29 is 13.5 Å². The van der Waals surface area contributed by atoms with Crippen LogP contribution >= 0.6 is 12.2 Å². The lowest BCUT2D eigenvalue weighted by Gasteiger charge is -2.22. The van der Waals surface area contributed by atoms with E-state index in [-0.39, 0.29) is 11.8 Å². The van der Waals surface area contributed by atoms with Crippen molar-refractivity contribution >= 4 is 17.3 Å². The summed E-state index contributed by atoms with van der Waals surface area (Å²) < 4.78 is 28.9. The third kappa shape index (κ3) is 5.17. The highest BCUT2D eigenvalue weighted by Gasteiger charge is 2.15. The van der Waals surface area contributed by atoms with Crippen molar-refractivity contribution in [3.8, 4) is 5.75 Å². The fraction of sp³-hybridized carbons (Fsp3) is 0.235. The number of thiocarbonyl (C=S) groups is 1. The van der Waals surface area contributed by atoms with E-state index < -0.39 is 6.61 Å². The second kappa shape index (κ2) is 8.43. The molecule has 0 aliphatic heterocycles. The van der Waals surface area contributed by atoms with E-state index in [0.29, 0.717) is 11.7 Å². The third-order valence-electron chi connectivity index (χ3n) is 3.18. The predicted octanol–water partition coefficient (Wildman–Crippen LogP) is 3.86. The van der Waals surface area contributed by atoms with Gasteiger partial charge in [0, 0.05) is 6.54 Å². The van der Waals surface area contributed by atoms with Gasteiger partial charge in [0.15, 0.2) is 5.11 Å². The van der Waals surface area contributed by atoms with Gasteiger partial charge in [-0.1, -0.05) is 42.5 Å². The van der Waals surface area contributed by atoms with Gasteiger partial charge in [-0.25, -0.2) is 0 Å². The number of nitrogens with one attached hydrogen (secondary N) is 2. The Morgan fingerprint density at radius 2 is 1.65 bits per heavy atom. The largest absolute Gasteiger partial charge is 0.435 e. The summed E-state index contributed by atoms with van der Waals surface area (Å²) in [7, 11) is 0. The smallest absolute Gasteiger partial charge is 0.387 e. The Kier molecular flexibility index (Phi) is 6.29. The van der Waals surface area contributed by atoms with E-state index in [9.17, 15) is 8.78 Å². The number of ether oxygens (including phenoxy) is 1. The van der Waals surface area contributed by atoms with Gasteiger partial charge in [0.25, 0.3) is 0 Å². The van der Waals surface area contributed by atoms with Gasteiger partial charge in [-0.05, 0) is 42.4 Å². The first kappa shape index (κ1) is 17.1. The highest BCUT2D eigenvalue weighted by Crippen LogP contribution is 2.24. The number of benzene rings is 2. The first-order chi connectivity index (χ1) is 11.1. The van der Waals surface area contributed by atoms with Crippen LogP contribution in [-0.2, 0) is 0 Å². The van der Waals surface area contributed by atoms with E-state index in [0.717, 1.165) is 11.1 Å². The molecule has 0 aliphatic carbocycles. The minimum atomic E-state index is -2.83. The number of hydrogen-bond acceptors (Lipinski definition) is 2. The summed E-state index contributed by atoms with van der Waals surface area (Å²) >= 11 is 5.27. The van der Waals surface area contributed by atoms with Crippen LogP contribution in [0.2, 0.25) is 0 Å². The maximum absolute atomic E-state index is 12.2. The molecule has 122 valence electrons. The molecular weight excluding hydrogens is 318 g/mol. The summed E-state index contributed by atoms with van der Waals surface area (Å²) in [5.41, 5.74) is 1.92. The normalized spacial score (nSPS) is 11.8. The van der Waals surface area contributed by atoms with Crippen LogP contribution in [0.1, 0.15) is 24.1 Å². The lowest BCUT2D eigenvalue weighted by Crippen LogP contribution is -2.37. The van der Waals surface area contributed by atoms with E-state index in [1.807, 2.05) is 37.3 Å². The molecule has 0 radical (unpaired) electrons. The quantitative estimate of drug-likeness (QED) is 0.785. The number of rotatable bonds is 6. The monoisotopic (exact) mass is 336 g/mol. The first-order valence-corrected chi connectivity index (χ1v) is 7.65. The molecule has 1 atom stereocenters. The summed E-state index contributed by atoms with van der Waals surface area (Å²) in [6.45, 7) is -0.151. The van der Waals surface area contributed by atoms with Crippen LogP contribution < -0.4 is 15.4 Å². The molecule has 6 heteroatoms. The zero-order chi connectivity index (χ0) is 16.7. The van der Waals surface area contributed by atoms with Crippen LogP contribution in [0.25, 0.3) is 0 Å². The molecule has 0 amide bonds. The maximum atomic E-state index is 12.2. The maximum Gasteiger partial charge on any atom is 0.387 e. The van der Waals surface area contributed by atoms with Crippen LogP contribution in [0.3, 0.4) is 0 Å². The van der Waals surface area contributed by atoms with Crippen molar-refractivity contribution in [3.05, 3.63) is 65.7 Å². The number of alkyl halides is 2. The number of halogens is 2. The molecule has 3 nitrogen and oxygen atoms in total. The lowest BCUT2D eigenvalue weighted by atomic mass is 9.99. The van der Waals surface area contributed by atoms with Gasteiger partial charge >= 0.3 is 6.61 Å². The Bertz CT molecular complexity index is 620. The zero-order valence-electron chi connectivity index (χ0n) is 12.6. The van der Waals surface area contributed by atoms with E-state index in [1.54, 1.807) is 12.1 Å². The average Bonchev–Trinajstić information content (AvgIpc) is 2.54. The van der Waals surface area contributed by atoms with Crippen LogP contribution in [-0.4, -0.2) is 18.3 Å². The summed E-state index contributed by atoms with van der Waals surface area (Å²) in [5.74, 6) is 0.129. The summed E-state index contributed by atoms with van der Waals surface area (Å²) in [5, 5.41) is 6.83. The highest BCUT2D eigenvalue weighted by molar-refractivity contribution is 7.80. The standard InChI is InChI=1S/C17H18F2N2OS/c1-2-20-17(23)21-15(12-6-4-3-5-7-12)13-8-10-14(11-9-13)22-16(18)19/h3-11,15-16H,2H2,1H3,(H2,20,21,23)/t15-/m1/s1. The Morgan fingerprint density at radius 3 is 2.22 bits per heavy atom. The van der Waals surface area contributed by atoms with Crippen LogP contribution in [0.15, 0.2) is 54.6 Å². The number of hydrogen-bond donors (Lipinski definition) is 2. The van der Waals surface area contributed by atoms with E-state index in [1.165, 1.54) is 12.1 Å². The average molecular weight is 336 g/mol. The lowest BCUT2D eigenvalue weighted by molar-refractivity contribution is -0.0498. The molecule has 0 spiro atoms. The Balaban J connectivity index is 2.24. The molecule has 0 fully saturated rings. The second-order valence-electron chi connectivity index (χ2n) is 4.80. The van der Waals surface area contributed by atoms with Crippen LogP contribution in [0.5, 0.6) is 5.75 Å². The van der Waals surface area contributed by atoms with Crippen molar-refractivity contribution in [1.82, 2.24) is 10.6 Å². The van der Waals surface area contributed by atoms with Crippen molar-refractivity contribution in [2.75, 3.05) is 6.54 Å². The third-order valence-corrected chi connectivity index (χ3v) is 3.45. The Hall–Kier alpha value is -2.21. The summed E-state index contributed by atoms with van der Waals surface area (Å²) in [6.07, 6.45) is 0. The van der Waals surface area contributed by atoms with Crippen LogP contribution in [0.4, 0.5) is 8.78 Å². The Morgan fingerprint density at radius 1 is 1.04 bits per heavy atom. The Labute approximate surface area is 139 Å². The molecule has 23 heavy (non-hydrogen) atoms. The molecule has 0 saturated carbocycles. The minimum Gasteiger partial charge on any atom is -0.435 e. The van der Waals surface area contributed by atoms with Gasteiger partial charge < -0.3 is 15.4 Å². The van der Waals surface area contributed by atoms with Crippen molar-refractivity contribution in [2.45, 2.75) is 19.6 Å². The topological polar surface area (TPSA) is 33.3 Å². The molecule has 0 aliphatic rings. The first-order valence-electron chi connectivity index (χ1n) is 7.24. The van der Waals surface area contributed by atoms with Gasteiger partial charge in [-0.15, -0.1) is 0 Å². The molecular formula is C17H18F2N2OS. The van der Waals surface area contributed by atoms with E-state index in [4.69, 9.17) is 12.2 Å². The van der Waals surface area contributed by atoms with Crippen LogP contribution in [0, 0.1) is 0 Å². The molecule has 2 N–H and O–H groups in total. The van der Waals surface area contributed by atoms with Gasteiger partial charge in [-0.3, -0.25) is 0 Å². The molecule has 0 heterocycles. The molecule has 2 rings (SSSR count). The fourth-order valence-corrected chi connectivity index (χ4v) is 2.45. The van der Waals surface area contributed by atoms with Gasteiger partial charge in [0.05, 0.1) is 6.04 Å². The van der Waals surface area contributed by atoms with Crippen molar-refractivity contribution in [2.24, 2.45) is 0 Å². The molecule has 0 bridgehead atoms. The second-order valence-corrected chi connectivity index (χ2v) is 5.20. The van der Waals surface area contributed by atoms with Gasteiger partial charge in [0.1, 0.15) is 5.75 Å². The highest BCUT2D eigenvalue weighted by atomic mass is 32.1. The fourth-order valence-electron chi connectivity index (χ4n) is 2.19. The van der Waals surface area contributed by atoms with Gasteiger partial charge in [-0.2, -0.15) is 8.78 Å². The van der Waals surface area contributed by atoms with Gasteiger partial charge in [0.2, 0.25) is 0 Å². The molecule has 0 saturated heterocycles. The molecule has 2 aromatic rings. The SMILES string of the molecule is CCNC(=S)N[C@H](c1ccccc1)c1ccc(OC(F)F)cc1.